The van der Waals surface area contributed by atoms with Crippen LogP contribution in [0.15, 0.2) is 78.8 Å². The van der Waals surface area contributed by atoms with Crippen LogP contribution in [0.1, 0.15) is 16.1 Å². The zero-order chi connectivity index (χ0) is 22.4. The molecule has 0 unspecified atom stereocenters. The van der Waals surface area contributed by atoms with Crippen LogP contribution in [0, 0.1) is 0 Å². The topological polar surface area (TPSA) is 71.5 Å². The van der Waals surface area contributed by atoms with Gasteiger partial charge < -0.3 is 15.0 Å². The van der Waals surface area contributed by atoms with Crippen LogP contribution in [0.3, 0.4) is 0 Å². The quantitative estimate of drug-likeness (QED) is 0.562. The lowest BCUT2D eigenvalue weighted by Gasteiger charge is -2.41. The maximum absolute atomic E-state index is 13.2. The third kappa shape index (κ3) is 4.79. The number of pyridine rings is 1. The maximum atomic E-state index is 13.2. The molecule has 0 saturated carbocycles. The number of benzene rings is 1. The van der Waals surface area contributed by atoms with Gasteiger partial charge in [0.15, 0.2) is 5.60 Å². The van der Waals surface area contributed by atoms with Crippen molar-refractivity contribution in [1.82, 2.24) is 15.2 Å². The van der Waals surface area contributed by atoms with Crippen LogP contribution in [0.2, 0.25) is 0 Å². The fraction of sp³-hybridized carbons (Fsp3) is 0.240. The zero-order valence-corrected chi connectivity index (χ0v) is 18.5. The summed E-state index contributed by atoms with van der Waals surface area (Å²) in [6, 6.07) is 17.5. The number of thiophene rings is 1. The van der Waals surface area contributed by atoms with Gasteiger partial charge in [0, 0.05) is 30.6 Å². The average molecular weight is 448 g/mol. The minimum absolute atomic E-state index is 0.151. The monoisotopic (exact) mass is 447 g/mol. The van der Waals surface area contributed by atoms with Gasteiger partial charge in [0.1, 0.15) is 5.69 Å². The summed E-state index contributed by atoms with van der Waals surface area (Å²) in [6.07, 6.45) is 3.57. The van der Waals surface area contributed by atoms with Crippen LogP contribution in [0.25, 0.3) is 10.4 Å². The molecule has 7 heteroatoms. The molecule has 0 radical (unpaired) electrons. The van der Waals surface area contributed by atoms with Crippen LogP contribution in [0.4, 0.5) is 0 Å². The Kier molecular flexibility index (Phi) is 6.78. The molecular formula is C25H25N3O3S. The number of ether oxygens (including phenoxy) is 1. The van der Waals surface area contributed by atoms with E-state index in [4.69, 9.17) is 4.74 Å². The second kappa shape index (κ2) is 9.89. The van der Waals surface area contributed by atoms with E-state index in [2.05, 4.69) is 35.1 Å². The van der Waals surface area contributed by atoms with Gasteiger partial charge in [-0.05, 0) is 34.7 Å². The summed E-state index contributed by atoms with van der Waals surface area (Å²) in [5, 5.41) is 4.91. The van der Waals surface area contributed by atoms with Crippen molar-refractivity contribution >= 4 is 23.2 Å². The minimum Gasteiger partial charge on any atom is -0.361 e. The van der Waals surface area contributed by atoms with Gasteiger partial charge in [0.05, 0.1) is 13.2 Å². The zero-order valence-electron chi connectivity index (χ0n) is 17.7. The van der Waals surface area contributed by atoms with E-state index in [-0.39, 0.29) is 25.0 Å². The summed E-state index contributed by atoms with van der Waals surface area (Å²) in [6.45, 7) is 4.83. The predicted octanol–water partition coefficient (Wildman–Crippen LogP) is 3.57. The van der Waals surface area contributed by atoms with E-state index in [1.807, 2.05) is 23.6 Å². The number of rotatable bonds is 7. The van der Waals surface area contributed by atoms with Crippen molar-refractivity contribution in [3.63, 3.8) is 0 Å². The number of carbonyl (C=O) groups is 2. The normalized spacial score (nSPS) is 18.2. The minimum atomic E-state index is -1.18. The highest BCUT2D eigenvalue weighted by molar-refractivity contribution is 7.13. The van der Waals surface area contributed by atoms with Gasteiger partial charge in [-0.15, -0.1) is 17.9 Å². The molecule has 1 N–H and O–H groups in total. The van der Waals surface area contributed by atoms with Gasteiger partial charge in [0.2, 0.25) is 0 Å². The molecule has 32 heavy (non-hydrogen) atoms. The Balaban J connectivity index is 1.58. The van der Waals surface area contributed by atoms with Gasteiger partial charge in [-0.1, -0.05) is 42.5 Å². The Bertz CT molecular complexity index is 1070. The van der Waals surface area contributed by atoms with Gasteiger partial charge in [-0.25, -0.2) is 0 Å². The summed E-state index contributed by atoms with van der Waals surface area (Å²) in [4.78, 5) is 33.2. The standard InChI is InChI=1S/C25H25N3O3S/c1-2-12-27-24(30)25(17-19-8-10-20(11-9-19)22-7-5-16-32-22)18-28(14-15-31-25)23(29)21-6-3-4-13-26-21/h2-11,13,16H,1,12,14-15,17-18H2,(H,27,30)/t25-/m0/s1. The van der Waals surface area contributed by atoms with Crippen molar-refractivity contribution in [3.8, 4) is 10.4 Å². The number of nitrogens with one attached hydrogen (secondary N) is 1. The molecular weight excluding hydrogens is 422 g/mol. The summed E-state index contributed by atoms with van der Waals surface area (Å²) >= 11 is 1.68. The van der Waals surface area contributed by atoms with Gasteiger partial charge in [0.25, 0.3) is 11.8 Å². The molecule has 3 heterocycles. The average Bonchev–Trinajstić information content (AvgIpc) is 3.38. The molecule has 0 aliphatic carbocycles. The van der Waals surface area contributed by atoms with E-state index < -0.39 is 5.60 Å². The highest BCUT2D eigenvalue weighted by atomic mass is 32.1. The lowest BCUT2D eigenvalue weighted by atomic mass is 9.90. The Morgan fingerprint density at radius 1 is 1.19 bits per heavy atom. The third-order valence-corrected chi connectivity index (χ3v) is 6.35. The first kappa shape index (κ1) is 21.9. The lowest BCUT2D eigenvalue weighted by Crippen LogP contribution is -2.62. The molecule has 1 atom stereocenters. The molecule has 3 aromatic rings. The van der Waals surface area contributed by atoms with E-state index in [1.165, 1.54) is 4.88 Å². The molecule has 164 valence electrons. The largest absolute Gasteiger partial charge is 0.361 e. The van der Waals surface area contributed by atoms with Crippen LogP contribution < -0.4 is 5.32 Å². The lowest BCUT2D eigenvalue weighted by molar-refractivity contribution is -0.157. The van der Waals surface area contributed by atoms with Crippen LogP contribution in [0.5, 0.6) is 0 Å². The summed E-state index contributed by atoms with van der Waals surface area (Å²) in [5.74, 6) is -0.457. The van der Waals surface area contributed by atoms with Crippen molar-refractivity contribution in [2.75, 3.05) is 26.2 Å². The van der Waals surface area contributed by atoms with E-state index >= 15 is 0 Å². The first-order chi connectivity index (χ1) is 15.6. The highest BCUT2D eigenvalue weighted by Gasteiger charge is 2.45. The molecule has 1 saturated heterocycles. The first-order valence-corrected chi connectivity index (χ1v) is 11.4. The van der Waals surface area contributed by atoms with Crippen molar-refractivity contribution in [2.24, 2.45) is 0 Å². The number of hydrogen-bond acceptors (Lipinski definition) is 5. The van der Waals surface area contributed by atoms with Crippen LogP contribution in [-0.4, -0.2) is 53.5 Å². The number of amides is 2. The molecule has 1 aliphatic heterocycles. The van der Waals surface area contributed by atoms with Crippen LogP contribution >= 0.6 is 11.3 Å². The van der Waals surface area contributed by atoms with Gasteiger partial charge in [-0.2, -0.15) is 0 Å². The number of carbonyl (C=O) groups excluding carboxylic acids is 2. The molecule has 0 bridgehead atoms. The summed E-state index contributed by atoms with van der Waals surface area (Å²) in [5.41, 5.74) is 1.27. The second-order valence-electron chi connectivity index (χ2n) is 7.63. The molecule has 4 rings (SSSR count). The molecule has 1 fully saturated rings. The summed E-state index contributed by atoms with van der Waals surface area (Å²) in [7, 11) is 0. The Hall–Kier alpha value is -3.29. The van der Waals surface area contributed by atoms with Crippen molar-refractivity contribution in [1.29, 1.82) is 0 Å². The number of aromatic nitrogens is 1. The molecule has 2 aromatic heterocycles. The second-order valence-corrected chi connectivity index (χ2v) is 8.58. The van der Waals surface area contributed by atoms with Gasteiger partial charge in [-0.3, -0.25) is 14.6 Å². The van der Waals surface area contributed by atoms with Crippen LogP contribution in [-0.2, 0) is 16.0 Å². The Morgan fingerprint density at radius 3 is 2.72 bits per heavy atom. The molecule has 2 amide bonds. The first-order valence-electron chi connectivity index (χ1n) is 10.5. The highest BCUT2D eigenvalue weighted by Crippen LogP contribution is 2.28. The number of morpholine rings is 1. The summed E-state index contributed by atoms with van der Waals surface area (Å²) < 4.78 is 6.09. The Labute approximate surface area is 191 Å². The molecule has 0 spiro atoms. The maximum Gasteiger partial charge on any atom is 0.272 e. The van der Waals surface area contributed by atoms with E-state index in [1.54, 1.807) is 46.7 Å². The number of hydrogen-bond donors (Lipinski definition) is 1. The Morgan fingerprint density at radius 2 is 2.03 bits per heavy atom. The molecule has 1 aromatic carbocycles. The molecule has 6 nitrogen and oxygen atoms in total. The molecule has 1 aliphatic rings. The van der Waals surface area contributed by atoms with E-state index in [0.717, 1.165) is 11.1 Å². The third-order valence-electron chi connectivity index (χ3n) is 5.43. The predicted molar refractivity (Wildman–Crippen MR) is 125 cm³/mol. The van der Waals surface area contributed by atoms with Crippen molar-refractivity contribution in [3.05, 3.63) is 90.1 Å². The van der Waals surface area contributed by atoms with Crippen molar-refractivity contribution in [2.45, 2.75) is 12.0 Å². The smallest absolute Gasteiger partial charge is 0.272 e. The van der Waals surface area contributed by atoms with E-state index in [9.17, 15) is 9.59 Å². The fourth-order valence-electron chi connectivity index (χ4n) is 3.82. The fourth-order valence-corrected chi connectivity index (χ4v) is 4.55. The van der Waals surface area contributed by atoms with Crippen molar-refractivity contribution < 1.29 is 14.3 Å². The van der Waals surface area contributed by atoms with Gasteiger partial charge >= 0.3 is 0 Å². The van der Waals surface area contributed by atoms with E-state index in [0.29, 0.717) is 25.2 Å². The number of nitrogens with zero attached hydrogens (tertiary/aromatic N) is 2. The SMILES string of the molecule is C=CCNC(=O)[C@]1(Cc2ccc(-c3cccs3)cc2)CN(C(=O)c2ccccn2)CCO1.